The van der Waals surface area contributed by atoms with Gasteiger partial charge in [0.2, 0.25) is 0 Å². The maximum absolute atomic E-state index is 12.6. The number of aromatic nitrogens is 2. The van der Waals surface area contributed by atoms with E-state index in [1.54, 1.807) is 6.07 Å². The highest BCUT2D eigenvalue weighted by Crippen LogP contribution is 2.45. The van der Waals surface area contributed by atoms with Gasteiger partial charge >= 0.3 is 5.97 Å². The summed E-state index contributed by atoms with van der Waals surface area (Å²) >= 11 is 0. The number of aryl methyl sites for hydroxylation is 1. The highest BCUT2D eigenvalue weighted by molar-refractivity contribution is 5.91. The van der Waals surface area contributed by atoms with Crippen LogP contribution in [0, 0.1) is 12.8 Å². The third-order valence-corrected chi connectivity index (χ3v) is 6.67. The second kappa shape index (κ2) is 10.2. The van der Waals surface area contributed by atoms with E-state index in [0.29, 0.717) is 23.6 Å². The Balaban J connectivity index is 1.82. The molecule has 0 bridgehead atoms. The lowest BCUT2D eigenvalue weighted by atomic mass is 9.82. The Morgan fingerprint density at radius 3 is 2.64 bits per heavy atom. The molecule has 1 saturated heterocycles. The van der Waals surface area contributed by atoms with Crippen LogP contribution in [0.25, 0.3) is 0 Å². The number of esters is 1. The first-order valence-corrected chi connectivity index (χ1v) is 11.4. The molecule has 1 aliphatic rings. The molecule has 3 heterocycles. The molecule has 4 rings (SSSR count). The summed E-state index contributed by atoms with van der Waals surface area (Å²) in [5, 5.41) is 9.60. The number of carbonyl (C=O) groups excluding carboxylic acids is 1. The van der Waals surface area contributed by atoms with Crippen LogP contribution in [0.15, 0.2) is 60.9 Å². The molecule has 1 aliphatic heterocycles. The Bertz CT molecular complexity index is 1100. The molecule has 2 aromatic heterocycles. The maximum Gasteiger partial charge on any atom is 0.338 e. The first-order chi connectivity index (χ1) is 16.0. The number of pyridine rings is 2. The number of nitrogens with zero attached hydrogens (tertiary/aromatic N) is 3. The molecule has 6 nitrogen and oxygen atoms in total. The first kappa shape index (κ1) is 23.1. The average molecular weight is 446 g/mol. The number of benzene rings is 1. The van der Waals surface area contributed by atoms with Crippen molar-refractivity contribution in [1.29, 1.82) is 0 Å². The van der Waals surface area contributed by atoms with Gasteiger partial charge < -0.3 is 9.84 Å². The zero-order valence-electron chi connectivity index (χ0n) is 19.4. The molecule has 0 saturated carbocycles. The number of likely N-dealkylation sites (tertiary alicyclic amines) is 1. The van der Waals surface area contributed by atoms with Crippen LogP contribution in [0.3, 0.4) is 0 Å². The number of piperidine rings is 1. The third-order valence-electron chi connectivity index (χ3n) is 6.67. The van der Waals surface area contributed by atoms with Gasteiger partial charge in [-0.05, 0) is 66.6 Å². The van der Waals surface area contributed by atoms with E-state index in [0.717, 1.165) is 35.4 Å². The predicted molar refractivity (Wildman–Crippen MR) is 126 cm³/mol. The van der Waals surface area contributed by atoms with Crippen molar-refractivity contribution < 1.29 is 14.6 Å². The van der Waals surface area contributed by atoms with Crippen LogP contribution in [-0.4, -0.2) is 33.1 Å². The fraction of sp³-hybridized carbons (Fsp3) is 0.370. The fourth-order valence-electron chi connectivity index (χ4n) is 4.96. The first-order valence-electron chi connectivity index (χ1n) is 11.4. The minimum Gasteiger partial charge on any atom is -0.465 e. The van der Waals surface area contributed by atoms with Crippen LogP contribution in [0.1, 0.15) is 70.3 Å². The predicted octanol–water partition coefficient (Wildman–Crippen LogP) is 4.78. The molecule has 0 spiro atoms. The van der Waals surface area contributed by atoms with Gasteiger partial charge in [-0.2, -0.15) is 0 Å². The molecular formula is C27H31N3O3. The van der Waals surface area contributed by atoms with Crippen LogP contribution in [0.5, 0.6) is 0 Å². The van der Waals surface area contributed by atoms with E-state index >= 15 is 0 Å². The summed E-state index contributed by atoms with van der Waals surface area (Å²) in [5.41, 5.74) is 5.28. The van der Waals surface area contributed by atoms with Crippen LogP contribution in [-0.2, 0) is 17.9 Å². The zero-order valence-corrected chi connectivity index (χ0v) is 19.4. The van der Waals surface area contributed by atoms with Crippen LogP contribution in [0.2, 0.25) is 0 Å². The van der Waals surface area contributed by atoms with E-state index in [-0.39, 0.29) is 18.7 Å². The number of methoxy groups -OCH3 is 1. The highest BCUT2D eigenvalue weighted by atomic mass is 16.5. The topological polar surface area (TPSA) is 75.6 Å². The third kappa shape index (κ3) is 4.82. The lowest BCUT2D eigenvalue weighted by molar-refractivity contribution is 0.0302. The fourth-order valence-corrected chi connectivity index (χ4v) is 4.96. The van der Waals surface area contributed by atoms with Crippen LogP contribution < -0.4 is 0 Å². The van der Waals surface area contributed by atoms with Crippen molar-refractivity contribution in [2.45, 2.75) is 51.9 Å². The van der Waals surface area contributed by atoms with Gasteiger partial charge in [0.15, 0.2) is 0 Å². The normalized spacial score (nSPS) is 21.0. The summed E-state index contributed by atoms with van der Waals surface area (Å²) in [5.74, 6) is -0.0119. The molecule has 1 aromatic carbocycles. The summed E-state index contributed by atoms with van der Waals surface area (Å²) in [6.45, 7) is 4.80. The number of hydrogen-bond acceptors (Lipinski definition) is 6. The second-order valence-corrected chi connectivity index (χ2v) is 8.79. The van der Waals surface area contributed by atoms with Gasteiger partial charge in [-0.25, -0.2) is 4.79 Å². The molecule has 33 heavy (non-hydrogen) atoms. The van der Waals surface area contributed by atoms with Crippen molar-refractivity contribution in [2.24, 2.45) is 5.92 Å². The van der Waals surface area contributed by atoms with Crippen molar-refractivity contribution >= 4 is 5.97 Å². The SMILES string of the molecule is COC(=O)c1cc(CO)ccc1CN1C(c2ccccn2)CCC(C)C1c1ncccc1C. The lowest BCUT2D eigenvalue weighted by Crippen LogP contribution is -2.41. The molecule has 0 amide bonds. The Morgan fingerprint density at radius 1 is 1.12 bits per heavy atom. The molecule has 1 N–H and O–H groups in total. The molecule has 3 unspecified atom stereocenters. The molecule has 3 aromatic rings. The van der Waals surface area contributed by atoms with Gasteiger partial charge in [0.05, 0.1) is 42.8 Å². The smallest absolute Gasteiger partial charge is 0.338 e. The standard InChI is InChI=1S/C27H31N3O3/c1-18-7-6-14-29-25(18)26-19(2)9-12-24(23-8-4-5-13-28-23)30(26)16-21-11-10-20(17-31)15-22(21)27(32)33-3/h4-8,10-11,13-15,19,24,26,31H,9,12,16-17H2,1-3H3. The van der Waals surface area contributed by atoms with Gasteiger partial charge in [0.1, 0.15) is 0 Å². The molecule has 1 fully saturated rings. The summed E-state index contributed by atoms with van der Waals surface area (Å²) < 4.78 is 5.07. The number of hydrogen-bond donors (Lipinski definition) is 1. The molecule has 172 valence electrons. The van der Waals surface area contributed by atoms with Crippen LogP contribution in [0.4, 0.5) is 0 Å². The average Bonchev–Trinajstić information content (AvgIpc) is 2.85. The minimum absolute atomic E-state index is 0.0787. The van der Waals surface area contributed by atoms with E-state index in [9.17, 15) is 9.90 Å². The van der Waals surface area contributed by atoms with E-state index in [1.165, 1.54) is 7.11 Å². The van der Waals surface area contributed by atoms with Crippen molar-refractivity contribution in [3.63, 3.8) is 0 Å². The van der Waals surface area contributed by atoms with E-state index in [4.69, 9.17) is 9.72 Å². The van der Waals surface area contributed by atoms with E-state index in [2.05, 4.69) is 35.9 Å². The summed E-state index contributed by atoms with van der Waals surface area (Å²) in [6, 6.07) is 15.8. The van der Waals surface area contributed by atoms with E-state index in [1.807, 2.05) is 42.7 Å². The quantitative estimate of drug-likeness (QED) is 0.551. The minimum atomic E-state index is -0.398. The van der Waals surface area contributed by atoms with Gasteiger partial charge in [0.25, 0.3) is 0 Å². The van der Waals surface area contributed by atoms with Gasteiger partial charge in [-0.15, -0.1) is 0 Å². The lowest BCUT2D eigenvalue weighted by Gasteiger charge is -2.45. The zero-order chi connectivity index (χ0) is 23.4. The van der Waals surface area contributed by atoms with Crippen LogP contribution >= 0.6 is 0 Å². The van der Waals surface area contributed by atoms with Crippen molar-refractivity contribution in [3.05, 3.63) is 94.6 Å². The summed E-state index contributed by atoms with van der Waals surface area (Å²) in [4.78, 5) is 24.5. The number of ether oxygens (including phenoxy) is 1. The van der Waals surface area contributed by atoms with Crippen molar-refractivity contribution in [3.8, 4) is 0 Å². The monoisotopic (exact) mass is 445 g/mol. The maximum atomic E-state index is 12.6. The van der Waals surface area contributed by atoms with E-state index < -0.39 is 5.97 Å². The number of rotatable bonds is 6. The Hall–Kier alpha value is -3.09. The summed E-state index contributed by atoms with van der Waals surface area (Å²) in [7, 11) is 1.39. The molecule has 3 atom stereocenters. The molecule has 0 radical (unpaired) electrons. The van der Waals surface area contributed by atoms with Crippen molar-refractivity contribution in [1.82, 2.24) is 14.9 Å². The number of aliphatic hydroxyl groups is 1. The Kier molecular flexibility index (Phi) is 7.16. The highest BCUT2D eigenvalue weighted by Gasteiger charge is 2.39. The van der Waals surface area contributed by atoms with Gasteiger partial charge in [0, 0.05) is 18.9 Å². The molecular weight excluding hydrogens is 414 g/mol. The number of carbonyl (C=O) groups is 1. The Morgan fingerprint density at radius 2 is 1.94 bits per heavy atom. The van der Waals surface area contributed by atoms with Gasteiger partial charge in [-0.1, -0.05) is 31.2 Å². The largest absolute Gasteiger partial charge is 0.465 e. The second-order valence-electron chi connectivity index (χ2n) is 8.79. The molecule has 0 aliphatic carbocycles. The summed E-state index contributed by atoms with van der Waals surface area (Å²) in [6.07, 6.45) is 5.73. The molecule has 6 heteroatoms. The Labute approximate surface area is 195 Å². The van der Waals surface area contributed by atoms with Gasteiger partial charge in [-0.3, -0.25) is 14.9 Å². The van der Waals surface area contributed by atoms with Crippen molar-refractivity contribution in [2.75, 3.05) is 7.11 Å². The number of aliphatic hydroxyl groups excluding tert-OH is 1.